The van der Waals surface area contributed by atoms with Crippen LogP contribution in [-0.4, -0.2) is 23.9 Å². The molecule has 1 aliphatic rings. The van der Waals surface area contributed by atoms with Crippen LogP contribution in [0, 0.1) is 16.0 Å². The van der Waals surface area contributed by atoms with Crippen molar-refractivity contribution < 1.29 is 9.72 Å². The minimum Gasteiger partial charge on any atom is -0.366 e. The van der Waals surface area contributed by atoms with Gasteiger partial charge in [0.05, 0.1) is 4.92 Å². The number of piperidine rings is 1. The first-order valence-corrected chi connectivity index (χ1v) is 8.93. The van der Waals surface area contributed by atoms with E-state index in [0.717, 1.165) is 5.56 Å². The highest BCUT2D eigenvalue weighted by molar-refractivity contribution is 6.31. The molecule has 7 heteroatoms. The second-order valence-electron chi connectivity index (χ2n) is 6.32. The van der Waals surface area contributed by atoms with Gasteiger partial charge in [-0.25, -0.2) is 0 Å². The van der Waals surface area contributed by atoms with Crippen LogP contribution >= 0.6 is 11.6 Å². The topological polar surface area (TPSA) is 75.5 Å². The zero-order valence-corrected chi connectivity index (χ0v) is 15.0. The number of anilines is 1. The minimum absolute atomic E-state index is 0.00660. The molecule has 136 valence electrons. The molecule has 1 N–H and O–H groups in total. The van der Waals surface area contributed by atoms with E-state index in [4.69, 9.17) is 11.6 Å². The van der Waals surface area contributed by atoms with Crippen molar-refractivity contribution in [2.24, 2.45) is 5.92 Å². The summed E-state index contributed by atoms with van der Waals surface area (Å²) in [5.41, 5.74) is 1.61. The van der Waals surface area contributed by atoms with Crippen LogP contribution in [0.4, 0.5) is 11.4 Å². The van der Waals surface area contributed by atoms with Gasteiger partial charge in [0.15, 0.2) is 0 Å². The van der Waals surface area contributed by atoms with Crippen molar-refractivity contribution in [1.82, 2.24) is 5.32 Å². The fourth-order valence-electron chi connectivity index (χ4n) is 3.24. The molecule has 2 aromatic carbocycles. The quantitative estimate of drug-likeness (QED) is 0.639. The Morgan fingerprint density at radius 1 is 1.15 bits per heavy atom. The molecule has 1 amide bonds. The number of para-hydroxylation sites is 2. The maximum absolute atomic E-state index is 12.4. The van der Waals surface area contributed by atoms with E-state index < -0.39 is 0 Å². The fraction of sp³-hybridized carbons (Fsp3) is 0.316. The van der Waals surface area contributed by atoms with E-state index in [1.54, 1.807) is 24.3 Å². The average molecular weight is 374 g/mol. The van der Waals surface area contributed by atoms with E-state index in [1.807, 2.05) is 23.1 Å². The van der Waals surface area contributed by atoms with E-state index in [0.29, 0.717) is 43.2 Å². The molecular weight excluding hydrogens is 354 g/mol. The van der Waals surface area contributed by atoms with Crippen molar-refractivity contribution in [2.45, 2.75) is 19.4 Å². The van der Waals surface area contributed by atoms with Crippen LogP contribution in [0.5, 0.6) is 0 Å². The molecule has 0 saturated carbocycles. The molecule has 0 bridgehead atoms. The number of nitro benzene ring substituents is 1. The van der Waals surface area contributed by atoms with Crippen molar-refractivity contribution >= 4 is 28.9 Å². The van der Waals surface area contributed by atoms with Crippen LogP contribution in [0.15, 0.2) is 48.5 Å². The highest BCUT2D eigenvalue weighted by atomic mass is 35.5. The summed E-state index contributed by atoms with van der Waals surface area (Å²) in [7, 11) is 0. The van der Waals surface area contributed by atoms with Gasteiger partial charge < -0.3 is 10.2 Å². The lowest BCUT2D eigenvalue weighted by Gasteiger charge is -2.32. The molecule has 0 aromatic heterocycles. The van der Waals surface area contributed by atoms with Gasteiger partial charge in [0.1, 0.15) is 5.69 Å². The van der Waals surface area contributed by atoms with Gasteiger partial charge in [-0.05, 0) is 30.5 Å². The third-order valence-electron chi connectivity index (χ3n) is 4.70. The highest BCUT2D eigenvalue weighted by Crippen LogP contribution is 2.31. The summed E-state index contributed by atoms with van der Waals surface area (Å²) >= 11 is 6.11. The Morgan fingerprint density at radius 3 is 2.50 bits per heavy atom. The number of hydrogen-bond acceptors (Lipinski definition) is 4. The number of carbonyl (C=O) groups is 1. The first kappa shape index (κ1) is 18.2. The monoisotopic (exact) mass is 373 g/mol. The van der Waals surface area contributed by atoms with Gasteiger partial charge in [0.25, 0.3) is 5.69 Å². The number of nitrogens with zero attached hydrogens (tertiary/aromatic N) is 2. The van der Waals surface area contributed by atoms with E-state index >= 15 is 0 Å². The molecule has 1 saturated heterocycles. The van der Waals surface area contributed by atoms with Gasteiger partial charge in [0.2, 0.25) is 5.91 Å². The summed E-state index contributed by atoms with van der Waals surface area (Å²) in [6.07, 6.45) is 1.33. The average Bonchev–Trinajstić information content (AvgIpc) is 2.67. The normalized spacial score (nSPS) is 14.9. The van der Waals surface area contributed by atoms with Crippen LogP contribution in [0.1, 0.15) is 18.4 Å². The summed E-state index contributed by atoms with van der Waals surface area (Å²) in [5.74, 6) is -0.0800. The van der Waals surface area contributed by atoms with Crippen LogP contribution in [0.3, 0.4) is 0 Å². The van der Waals surface area contributed by atoms with Gasteiger partial charge in [0, 0.05) is 36.6 Å². The molecule has 0 unspecified atom stereocenters. The number of carbonyl (C=O) groups excluding carboxylic acids is 1. The number of rotatable bonds is 5. The van der Waals surface area contributed by atoms with E-state index in [-0.39, 0.29) is 22.4 Å². The molecule has 6 nitrogen and oxygen atoms in total. The lowest BCUT2D eigenvalue weighted by Crippen LogP contribution is -2.40. The molecule has 0 atom stereocenters. The van der Waals surface area contributed by atoms with Crippen LogP contribution in [-0.2, 0) is 11.3 Å². The fourth-order valence-corrected chi connectivity index (χ4v) is 3.44. The predicted octanol–water partition coefficient (Wildman–Crippen LogP) is 3.78. The Kier molecular flexibility index (Phi) is 5.73. The van der Waals surface area contributed by atoms with Gasteiger partial charge >= 0.3 is 0 Å². The summed E-state index contributed by atoms with van der Waals surface area (Å²) in [6.45, 7) is 1.65. The number of nitro groups is 1. The molecule has 26 heavy (non-hydrogen) atoms. The second-order valence-corrected chi connectivity index (χ2v) is 6.72. The molecule has 1 aliphatic heterocycles. The Bertz CT molecular complexity index is 804. The third kappa shape index (κ3) is 4.14. The van der Waals surface area contributed by atoms with Gasteiger partial charge in [-0.15, -0.1) is 0 Å². The van der Waals surface area contributed by atoms with Gasteiger partial charge in [-0.2, -0.15) is 0 Å². The standard InChI is InChI=1S/C19H20ClN3O3/c20-16-6-2-1-5-15(16)13-21-19(24)14-9-11-22(12-10-14)17-7-3-4-8-18(17)23(25)26/h1-8,14H,9-13H2,(H,21,24). The molecule has 2 aromatic rings. The van der Waals surface area contributed by atoms with Crippen molar-refractivity contribution in [3.8, 4) is 0 Å². The Labute approximate surface area is 156 Å². The van der Waals surface area contributed by atoms with Crippen molar-refractivity contribution in [3.63, 3.8) is 0 Å². The molecule has 3 rings (SSSR count). The largest absolute Gasteiger partial charge is 0.366 e. The second kappa shape index (κ2) is 8.19. The van der Waals surface area contributed by atoms with Crippen LogP contribution in [0.25, 0.3) is 0 Å². The van der Waals surface area contributed by atoms with Crippen LogP contribution < -0.4 is 10.2 Å². The smallest absolute Gasteiger partial charge is 0.292 e. The maximum Gasteiger partial charge on any atom is 0.292 e. The summed E-state index contributed by atoms with van der Waals surface area (Å²) in [6, 6.07) is 14.2. The first-order chi connectivity index (χ1) is 12.6. The van der Waals surface area contributed by atoms with Crippen molar-refractivity contribution in [2.75, 3.05) is 18.0 Å². The third-order valence-corrected chi connectivity index (χ3v) is 5.06. The zero-order valence-electron chi connectivity index (χ0n) is 14.2. The molecule has 0 aliphatic carbocycles. The SMILES string of the molecule is O=C(NCc1ccccc1Cl)C1CCN(c2ccccc2[N+](=O)[O-])CC1. The summed E-state index contributed by atoms with van der Waals surface area (Å²) < 4.78 is 0. The van der Waals surface area contributed by atoms with Crippen molar-refractivity contribution in [3.05, 3.63) is 69.2 Å². The summed E-state index contributed by atoms with van der Waals surface area (Å²) in [5, 5.41) is 14.8. The molecule has 1 heterocycles. The number of nitrogens with one attached hydrogen (secondary N) is 1. The van der Waals surface area contributed by atoms with E-state index in [1.165, 1.54) is 6.07 Å². The van der Waals surface area contributed by atoms with Gasteiger partial charge in [-0.1, -0.05) is 41.9 Å². The minimum atomic E-state index is -0.363. The lowest BCUT2D eigenvalue weighted by molar-refractivity contribution is -0.384. The molecular formula is C19H20ClN3O3. The zero-order chi connectivity index (χ0) is 18.5. The number of hydrogen-bond donors (Lipinski definition) is 1. The highest BCUT2D eigenvalue weighted by Gasteiger charge is 2.27. The summed E-state index contributed by atoms with van der Waals surface area (Å²) in [4.78, 5) is 25.2. The first-order valence-electron chi connectivity index (χ1n) is 8.55. The maximum atomic E-state index is 12.4. The van der Waals surface area contributed by atoms with E-state index in [2.05, 4.69) is 5.32 Å². The molecule has 1 fully saturated rings. The lowest BCUT2D eigenvalue weighted by atomic mass is 9.95. The van der Waals surface area contributed by atoms with Crippen LogP contribution in [0.2, 0.25) is 5.02 Å². The number of amides is 1. The van der Waals surface area contributed by atoms with E-state index in [9.17, 15) is 14.9 Å². The Morgan fingerprint density at radius 2 is 1.81 bits per heavy atom. The predicted molar refractivity (Wildman–Crippen MR) is 101 cm³/mol. The number of benzene rings is 2. The Balaban J connectivity index is 1.56. The Hall–Kier alpha value is -2.60. The molecule has 0 spiro atoms. The van der Waals surface area contributed by atoms with Gasteiger partial charge in [-0.3, -0.25) is 14.9 Å². The van der Waals surface area contributed by atoms with Crippen molar-refractivity contribution in [1.29, 1.82) is 0 Å². The molecule has 0 radical (unpaired) electrons. The number of halogens is 1.